The van der Waals surface area contributed by atoms with Crippen LogP contribution in [-0.2, 0) is 4.43 Å². The van der Waals surface area contributed by atoms with Gasteiger partial charge in [-0.1, -0.05) is 20.3 Å². The molecule has 0 radical (unpaired) electrons. The van der Waals surface area contributed by atoms with E-state index in [1.165, 1.54) is 38.3 Å². The summed E-state index contributed by atoms with van der Waals surface area (Å²) in [7, 11) is -0.276. The Kier molecular flexibility index (Phi) is 7.51. The Bertz CT molecular complexity index is 199. The third-order valence-corrected chi connectivity index (χ3v) is 4.52. The smallest absolute Gasteiger partial charge is 0.162 e. The van der Waals surface area contributed by atoms with Crippen molar-refractivity contribution in [2.45, 2.75) is 51.7 Å². The molecule has 0 saturated heterocycles. The number of rotatable bonds is 9. The molecule has 0 aromatic carbocycles. The van der Waals surface area contributed by atoms with Crippen LogP contribution in [0, 0.1) is 0 Å². The van der Waals surface area contributed by atoms with Gasteiger partial charge in [-0.3, -0.25) is 4.99 Å². The summed E-state index contributed by atoms with van der Waals surface area (Å²) in [6.07, 6.45) is 7.48. The zero-order valence-electron chi connectivity index (χ0n) is 10.8. The van der Waals surface area contributed by atoms with E-state index >= 15 is 0 Å². The Hall–Kier alpha value is -0.353. The van der Waals surface area contributed by atoms with Crippen LogP contribution in [0.15, 0.2) is 4.99 Å². The summed E-state index contributed by atoms with van der Waals surface area (Å²) in [5.41, 5.74) is 0. The third-order valence-electron chi connectivity index (χ3n) is 3.02. The number of hydrogen-bond donors (Lipinski definition) is 0. The van der Waals surface area contributed by atoms with Crippen molar-refractivity contribution in [3.63, 3.8) is 0 Å². The molecule has 1 rings (SSSR count). The van der Waals surface area contributed by atoms with Crippen LogP contribution in [0.1, 0.15) is 39.5 Å². The molecule has 94 valence electrons. The predicted molar refractivity (Wildman–Crippen MR) is 73.0 cm³/mol. The van der Waals surface area contributed by atoms with E-state index in [1.807, 2.05) is 6.34 Å². The number of aliphatic imine (C=N–C) groups is 1. The molecular weight excluding hydrogens is 216 g/mol. The first-order valence-corrected chi connectivity index (χ1v) is 8.30. The van der Waals surface area contributed by atoms with Gasteiger partial charge in [0.25, 0.3) is 0 Å². The first kappa shape index (κ1) is 13.7. The minimum atomic E-state index is -0.276. The zero-order valence-corrected chi connectivity index (χ0v) is 12.2. The van der Waals surface area contributed by atoms with Gasteiger partial charge in [-0.2, -0.15) is 0 Å². The van der Waals surface area contributed by atoms with Crippen molar-refractivity contribution in [3.8, 4) is 0 Å². The van der Waals surface area contributed by atoms with Gasteiger partial charge in [0.2, 0.25) is 0 Å². The summed E-state index contributed by atoms with van der Waals surface area (Å²) in [5.74, 6) is 0. The molecule has 0 fully saturated rings. The van der Waals surface area contributed by atoms with Gasteiger partial charge in [0, 0.05) is 19.2 Å². The fraction of sp³-hybridized carbons (Fsp3) is 0.917. The van der Waals surface area contributed by atoms with Crippen LogP contribution in [0.25, 0.3) is 0 Å². The van der Waals surface area contributed by atoms with Gasteiger partial charge in [0.15, 0.2) is 9.76 Å². The maximum Gasteiger partial charge on any atom is 0.162 e. The summed E-state index contributed by atoms with van der Waals surface area (Å²) in [6.45, 7) is 7.75. The van der Waals surface area contributed by atoms with E-state index in [0.29, 0.717) is 6.10 Å². The van der Waals surface area contributed by atoms with Gasteiger partial charge in [-0.25, -0.2) is 0 Å². The monoisotopic (exact) mass is 242 g/mol. The molecule has 1 aliphatic heterocycles. The molecule has 0 aromatic rings. The summed E-state index contributed by atoms with van der Waals surface area (Å²) < 4.78 is 5.98. The normalized spacial score (nSPS) is 17.8. The first-order chi connectivity index (χ1) is 7.86. The summed E-state index contributed by atoms with van der Waals surface area (Å²) >= 11 is 0. The van der Waals surface area contributed by atoms with Crippen molar-refractivity contribution >= 4 is 16.1 Å². The molecule has 0 bridgehead atoms. The fourth-order valence-electron chi connectivity index (χ4n) is 1.98. The van der Waals surface area contributed by atoms with E-state index in [0.717, 1.165) is 13.1 Å². The lowest BCUT2D eigenvalue weighted by atomic mass is 10.2. The molecule has 0 aliphatic carbocycles. The third kappa shape index (κ3) is 5.65. The van der Waals surface area contributed by atoms with Crippen LogP contribution >= 0.6 is 0 Å². The maximum absolute atomic E-state index is 5.98. The van der Waals surface area contributed by atoms with Crippen LogP contribution < -0.4 is 0 Å². The molecule has 4 heteroatoms. The van der Waals surface area contributed by atoms with Gasteiger partial charge in [-0.15, -0.1) is 0 Å². The van der Waals surface area contributed by atoms with E-state index in [2.05, 4.69) is 23.7 Å². The zero-order chi connectivity index (χ0) is 11.6. The number of nitrogens with zero attached hydrogens (tertiary/aromatic N) is 2. The largest absolute Gasteiger partial charge is 0.421 e. The molecule has 16 heavy (non-hydrogen) atoms. The van der Waals surface area contributed by atoms with Crippen LogP contribution in [0.2, 0.25) is 6.04 Å². The second-order valence-corrected chi connectivity index (χ2v) is 5.90. The lowest BCUT2D eigenvalue weighted by Gasteiger charge is -2.16. The molecule has 0 aromatic heterocycles. The molecule has 0 spiro atoms. The molecule has 1 atom stereocenters. The highest BCUT2D eigenvalue weighted by Gasteiger charge is 2.06. The topological polar surface area (TPSA) is 24.8 Å². The van der Waals surface area contributed by atoms with E-state index < -0.39 is 0 Å². The van der Waals surface area contributed by atoms with Crippen molar-refractivity contribution in [2.24, 2.45) is 4.99 Å². The van der Waals surface area contributed by atoms with E-state index in [-0.39, 0.29) is 9.76 Å². The molecule has 3 nitrogen and oxygen atoms in total. The van der Waals surface area contributed by atoms with Crippen LogP contribution in [0.4, 0.5) is 0 Å². The van der Waals surface area contributed by atoms with Gasteiger partial charge in [0.1, 0.15) is 0 Å². The van der Waals surface area contributed by atoms with Crippen LogP contribution in [-0.4, -0.2) is 46.7 Å². The van der Waals surface area contributed by atoms with Crippen LogP contribution in [0.5, 0.6) is 0 Å². The Morgan fingerprint density at radius 2 is 2.38 bits per heavy atom. The van der Waals surface area contributed by atoms with Crippen molar-refractivity contribution in [1.82, 2.24) is 4.90 Å². The van der Waals surface area contributed by atoms with E-state index in [4.69, 9.17) is 4.43 Å². The SMILES string of the molecule is CCCC(CC)O[SiH2]CCCN1C=NCC1. The average molecular weight is 242 g/mol. The Labute approximate surface area is 102 Å². The lowest BCUT2D eigenvalue weighted by molar-refractivity contribution is 0.194. The highest BCUT2D eigenvalue weighted by atomic mass is 28.2. The van der Waals surface area contributed by atoms with Crippen molar-refractivity contribution in [1.29, 1.82) is 0 Å². The molecule has 0 amide bonds. The Morgan fingerprint density at radius 3 is 3.00 bits per heavy atom. The second-order valence-electron chi connectivity index (χ2n) is 4.45. The molecular formula is C12H26N2OSi. The second kappa shape index (κ2) is 8.76. The highest BCUT2D eigenvalue weighted by Crippen LogP contribution is 2.06. The van der Waals surface area contributed by atoms with Crippen molar-refractivity contribution < 1.29 is 4.43 Å². The molecule has 0 N–H and O–H groups in total. The molecule has 1 aliphatic rings. The molecule has 0 saturated carbocycles. The summed E-state index contributed by atoms with van der Waals surface area (Å²) in [6, 6.07) is 1.31. The van der Waals surface area contributed by atoms with Crippen molar-refractivity contribution in [2.75, 3.05) is 19.6 Å². The van der Waals surface area contributed by atoms with E-state index in [1.54, 1.807) is 0 Å². The Morgan fingerprint density at radius 1 is 1.50 bits per heavy atom. The summed E-state index contributed by atoms with van der Waals surface area (Å²) in [4.78, 5) is 6.53. The minimum Gasteiger partial charge on any atom is -0.421 e. The summed E-state index contributed by atoms with van der Waals surface area (Å²) in [5, 5.41) is 0. The minimum absolute atomic E-state index is 0.276. The van der Waals surface area contributed by atoms with Gasteiger partial charge < -0.3 is 9.33 Å². The van der Waals surface area contributed by atoms with E-state index in [9.17, 15) is 0 Å². The standard InChI is InChI=1S/C12H26N2OSi/c1-3-6-12(4-2)15-16-10-5-8-14-9-7-13-11-14/h11-12H,3-10,16H2,1-2H3. The first-order valence-electron chi connectivity index (χ1n) is 6.72. The average Bonchev–Trinajstić information content (AvgIpc) is 2.80. The lowest BCUT2D eigenvalue weighted by Crippen LogP contribution is -2.21. The van der Waals surface area contributed by atoms with Gasteiger partial charge >= 0.3 is 0 Å². The molecule has 1 heterocycles. The predicted octanol–water partition coefficient (Wildman–Crippen LogP) is 1.82. The molecule has 1 unspecified atom stereocenters. The van der Waals surface area contributed by atoms with Crippen molar-refractivity contribution in [3.05, 3.63) is 0 Å². The number of hydrogen-bond acceptors (Lipinski definition) is 3. The van der Waals surface area contributed by atoms with Gasteiger partial charge in [-0.05, 0) is 25.3 Å². The van der Waals surface area contributed by atoms with Crippen LogP contribution in [0.3, 0.4) is 0 Å². The van der Waals surface area contributed by atoms with Gasteiger partial charge in [0.05, 0.1) is 12.9 Å². The highest BCUT2D eigenvalue weighted by molar-refractivity contribution is 6.27. The maximum atomic E-state index is 5.98. The quantitative estimate of drug-likeness (QED) is 0.455. The Balaban J connectivity index is 1.92. The fourth-order valence-corrected chi connectivity index (χ4v) is 3.31.